The fourth-order valence-electron chi connectivity index (χ4n) is 2.14. The zero-order valence-corrected chi connectivity index (χ0v) is 11.6. The monoisotopic (exact) mass is 236 g/mol. The van der Waals surface area contributed by atoms with E-state index < -0.39 is 0 Å². The molecule has 0 bridgehead atoms. The largest absolute Gasteiger partial charge is 0.282 e. The van der Waals surface area contributed by atoms with E-state index in [-0.39, 0.29) is 0 Å². The number of nitrogens with zero attached hydrogens (tertiary/aromatic N) is 1. The highest BCUT2D eigenvalue weighted by Crippen LogP contribution is 2.10. The molecule has 0 aliphatic carbocycles. The van der Waals surface area contributed by atoms with E-state index in [0.717, 1.165) is 6.42 Å². The van der Waals surface area contributed by atoms with E-state index in [2.05, 4.69) is 30.1 Å². The number of rotatable bonds is 10. The molecule has 1 aromatic heterocycles. The summed E-state index contributed by atoms with van der Waals surface area (Å²) in [4.78, 5) is 0. The van der Waals surface area contributed by atoms with Gasteiger partial charge >= 0.3 is 0 Å². The highest BCUT2D eigenvalue weighted by atomic mass is 15.1. The maximum absolute atomic E-state index is 4.39. The van der Waals surface area contributed by atoms with Crippen molar-refractivity contribution in [2.45, 2.75) is 78.1 Å². The van der Waals surface area contributed by atoms with E-state index in [1.807, 2.05) is 0 Å². The van der Waals surface area contributed by atoms with E-state index in [4.69, 9.17) is 0 Å². The van der Waals surface area contributed by atoms with Crippen LogP contribution in [-0.4, -0.2) is 10.2 Å². The Bertz CT molecular complexity index is 252. The molecular weight excluding hydrogens is 208 g/mol. The lowest BCUT2D eigenvalue weighted by molar-refractivity contribution is 0.657. The number of nitrogens with one attached hydrogen (secondary N) is 1. The molecule has 98 valence electrons. The lowest BCUT2D eigenvalue weighted by atomic mass is 10.1. The topological polar surface area (TPSA) is 28.7 Å². The smallest absolute Gasteiger partial charge is 0.0625 e. The molecule has 1 heterocycles. The number of H-pyrrole nitrogens is 1. The minimum atomic E-state index is 1.14. The van der Waals surface area contributed by atoms with Crippen molar-refractivity contribution in [1.82, 2.24) is 10.2 Å². The first-order chi connectivity index (χ1) is 8.36. The highest BCUT2D eigenvalue weighted by Gasteiger charge is 2.01. The van der Waals surface area contributed by atoms with Crippen molar-refractivity contribution >= 4 is 0 Å². The third-order valence-corrected chi connectivity index (χ3v) is 3.27. The molecule has 0 saturated heterocycles. The van der Waals surface area contributed by atoms with Gasteiger partial charge in [0, 0.05) is 5.69 Å². The van der Waals surface area contributed by atoms with Gasteiger partial charge in [-0.25, -0.2) is 0 Å². The Hall–Kier alpha value is -0.790. The first-order valence-electron chi connectivity index (χ1n) is 7.40. The molecule has 1 N–H and O–H groups in total. The minimum absolute atomic E-state index is 1.14. The first-order valence-corrected chi connectivity index (χ1v) is 7.40. The zero-order chi connectivity index (χ0) is 12.3. The molecule has 0 atom stereocenters. The first kappa shape index (κ1) is 14.3. The van der Waals surface area contributed by atoms with Crippen LogP contribution in [0.15, 0.2) is 6.07 Å². The second-order valence-corrected chi connectivity index (χ2v) is 5.01. The van der Waals surface area contributed by atoms with Crippen LogP contribution in [-0.2, 0) is 12.8 Å². The second kappa shape index (κ2) is 9.26. The van der Waals surface area contributed by atoms with Crippen LogP contribution in [0.4, 0.5) is 0 Å². The quantitative estimate of drug-likeness (QED) is 0.588. The van der Waals surface area contributed by atoms with Gasteiger partial charge in [-0.1, -0.05) is 52.4 Å². The second-order valence-electron chi connectivity index (χ2n) is 5.01. The van der Waals surface area contributed by atoms with Crippen LogP contribution < -0.4 is 0 Å². The summed E-state index contributed by atoms with van der Waals surface area (Å²) in [5.41, 5.74) is 2.58. The summed E-state index contributed by atoms with van der Waals surface area (Å²) in [5.74, 6) is 0. The Morgan fingerprint density at radius 1 is 0.882 bits per heavy atom. The summed E-state index contributed by atoms with van der Waals surface area (Å²) < 4.78 is 0. The Morgan fingerprint density at radius 3 is 2.18 bits per heavy atom. The maximum Gasteiger partial charge on any atom is 0.0625 e. The molecular formula is C15H28N2. The normalized spacial score (nSPS) is 10.9. The van der Waals surface area contributed by atoms with Gasteiger partial charge < -0.3 is 0 Å². The number of unbranched alkanes of at least 4 members (excludes halogenated alkanes) is 6. The average Bonchev–Trinajstić information content (AvgIpc) is 2.78. The highest BCUT2D eigenvalue weighted by molar-refractivity contribution is 5.08. The van der Waals surface area contributed by atoms with Gasteiger partial charge in [0.05, 0.1) is 5.69 Å². The van der Waals surface area contributed by atoms with Crippen molar-refractivity contribution in [3.8, 4) is 0 Å². The molecule has 1 rings (SSSR count). The number of aromatic amines is 1. The van der Waals surface area contributed by atoms with E-state index in [0.29, 0.717) is 0 Å². The van der Waals surface area contributed by atoms with Crippen LogP contribution in [0.5, 0.6) is 0 Å². The molecule has 1 aromatic rings. The Kier molecular flexibility index (Phi) is 7.78. The standard InChI is InChI=1S/C15H28N2/c1-3-5-7-9-11-14-13-15(17-16-14)12-10-8-6-4-2/h13H,3-12H2,1-2H3,(H,16,17). The van der Waals surface area contributed by atoms with Gasteiger partial charge in [-0.05, 0) is 31.7 Å². The molecule has 0 aliphatic heterocycles. The van der Waals surface area contributed by atoms with Crippen molar-refractivity contribution in [3.63, 3.8) is 0 Å². The van der Waals surface area contributed by atoms with Gasteiger partial charge in [-0.15, -0.1) is 0 Å². The Balaban J connectivity index is 2.14. The van der Waals surface area contributed by atoms with Crippen molar-refractivity contribution in [3.05, 3.63) is 17.5 Å². The third-order valence-electron chi connectivity index (χ3n) is 3.27. The summed E-state index contributed by atoms with van der Waals surface area (Å²) in [6.45, 7) is 4.51. The summed E-state index contributed by atoms with van der Waals surface area (Å²) in [7, 11) is 0. The SMILES string of the molecule is CCCCCCc1cc(CCCCCC)[nH]n1. The summed E-state index contributed by atoms with van der Waals surface area (Å²) >= 11 is 0. The van der Waals surface area contributed by atoms with Gasteiger partial charge in [-0.3, -0.25) is 5.10 Å². The van der Waals surface area contributed by atoms with Crippen LogP contribution in [0, 0.1) is 0 Å². The Labute approximate surface area is 106 Å². The fraction of sp³-hybridized carbons (Fsp3) is 0.800. The van der Waals surface area contributed by atoms with Crippen molar-refractivity contribution < 1.29 is 0 Å². The Morgan fingerprint density at radius 2 is 1.53 bits per heavy atom. The summed E-state index contributed by atoms with van der Waals surface area (Å²) in [6.07, 6.45) is 12.9. The van der Waals surface area contributed by atoms with E-state index >= 15 is 0 Å². The van der Waals surface area contributed by atoms with Crippen molar-refractivity contribution in [2.24, 2.45) is 0 Å². The van der Waals surface area contributed by atoms with Gasteiger partial charge in [0.15, 0.2) is 0 Å². The molecule has 0 aromatic carbocycles. The number of aryl methyl sites for hydroxylation is 2. The van der Waals surface area contributed by atoms with Gasteiger partial charge in [0.25, 0.3) is 0 Å². The van der Waals surface area contributed by atoms with E-state index in [9.17, 15) is 0 Å². The molecule has 0 fully saturated rings. The van der Waals surface area contributed by atoms with Gasteiger partial charge in [-0.2, -0.15) is 5.10 Å². The molecule has 17 heavy (non-hydrogen) atoms. The number of aromatic nitrogens is 2. The van der Waals surface area contributed by atoms with Crippen molar-refractivity contribution in [1.29, 1.82) is 0 Å². The maximum atomic E-state index is 4.39. The molecule has 2 nitrogen and oxygen atoms in total. The molecule has 0 saturated carbocycles. The van der Waals surface area contributed by atoms with Gasteiger partial charge in [0.1, 0.15) is 0 Å². The molecule has 0 spiro atoms. The number of hydrogen-bond acceptors (Lipinski definition) is 1. The van der Waals surface area contributed by atoms with Gasteiger partial charge in [0.2, 0.25) is 0 Å². The predicted molar refractivity (Wildman–Crippen MR) is 74.3 cm³/mol. The molecule has 2 heteroatoms. The lowest BCUT2D eigenvalue weighted by Crippen LogP contribution is -1.85. The number of hydrogen-bond donors (Lipinski definition) is 1. The zero-order valence-electron chi connectivity index (χ0n) is 11.6. The lowest BCUT2D eigenvalue weighted by Gasteiger charge is -1.96. The molecule has 0 amide bonds. The van der Waals surface area contributed by atoms with Crippen LogP contribution in [0.1, 0.15) is 76.6 Å². The van der Waals surface area contributed by atoms with Crippen LogP contribution in [0.3, 0.4) is 0 Å². The molecule has 0 unspecified atom stereocenters. The summed E-state index contributed by atoms with van der Waals surface area (Å²) in [5, 5.41) is 7.56. The van der Waals surface area contributed by atoms with Crippen LogP contribution in [0.25, 0.3) is 0 Å². The molecule has 0 radical (unpaired) electrons. The van der Waals surface area contributed by atoms with Crippen LogP contribution in [0.2, 0.25) is 0 Å². The van der Waals surface area contributed by atoms with E-state index in [1.54, 1.807) is 0 Å². The van der Waals surface area contributed by atoms with Crippen molar-refractivity contribution in [2.75, 3.05) is 0 Å². The van der Waals surface area contributed by atoms with Crippen LogP contribution >= 0.6 is 0 Å². The molecule has 0 aliphatic rings. The van der Waals surface area contributed by atoms with E-state index in [1.165, 1.54) is 69.2 Å². The fourth-order valence-corrected chi connectivity index (χ4v) is 2.14. The predicted octanol–water partition coefficient (Wildman–Crippen LogP) is 4.66. The summed E-state index contributed by atoms with van der Waals surface area (Å²) in [6, 6.07) is 2.26. The minimum Gasteiger partial charge on any atom is -0.282 e. The third kappa shape index (κ3) is 6.50. The average molecular weight is 236 g/mol.